The van der Waals surface area contributed by atoms with Crippen LogP contribution in [0.5, 0.6) is 0 Å². The highest BCUT2D eigenvalue weighted by Crippen LogP contribution is 2.32. The number of piperidine rings is 1. The molecule has 2 aliphatic rings. The Bertz CT molecular complexity index is 620. The fourth-order valence-corrected chi connectivity index (χ4v) is 3.26. The Balaban J connectivity index is 0.00000208. The summed E-state index contributed by atoms with van der Waals surface area (Å²) in [5.41, 5.74) is 0.107. The minimum Gasteiger partial charge on any atom is -0.332 e. The second-order valence-corrected chi connectivity index (χ2v) is 6.22. The van der Waals surface area contributed by atoms with Crippen molar-refractivity contribution >= 4 is 18.3 Å². The van der Waals surface area contributed by atoms with Crippen molar-refractivity contribution in [3.8, 4) is 0 Å². The third-order valence-electron chi connectivity index (χ3n) is 4.54. The maximum absolute atomic E-state index is 14.1. The van der Waals surface area contributed by atoms with E-state index in [0.29, 0.717) is 25.9 Å². The predicted octanol–water partition coefficient (Wildman–Crippen LogP) is 3.33. The third-order valence-corrected chi connectivity index (χ3v) is 4.54. The number of likely N-dealkylation sites (tertiary alicyclic amines) is 1. The molecule has 8 heteroatoms. The Labute approximate surface area is 143 Å². The van der Waals surface area contributed by atoms with E-state index in [0.717, 1.165) is 11.0 Å². The summed E-state index contributed by atoms with van der Waals surface area (Å²) in [6.07, 6.45) is 0.898. The SMILES string of the molecule is Cl.O=C(c1cc(F)c(F)c(C2CCNCC2)c1)N1CCC(F)(F)C1. The van der Waals surface area contributed by atoms with Gasteiger partial charge in [0.2, 0.25) is 0 Å². The van der Waals surface area contributed by atoms with Gasteiger partial charge in [-0.15, -0.1) is 12.4 Å². The number of carbonyl (C=O) groups excluding carboxylic acids is 1. The lowest BCUT2D eigenvalue weighted by Gasteiger charge is -2.24. The molecule has 0 saturated carbocycles. The molecular formula is C16H19ClF4N2O. The molecule has 1 amide bonds. The standard InChI is InChI=1S/C16H18F4N2O.ClH/c17-13-8-11(15(23)22-6-3-16(19,20)9-22)7-12(14(13)18)10-1-4-21-5-2-10;/h7-8,10,21H,1-6,9H2;1H. The first kappa shape index (κ1) is 19.0. The van der Waals surface area contributed by atoms with E-state index in [1.807, 2.05) is 0 Å². The van der Waals surface area contributed by atoms with E-state index in [4.69, 9.17) is 0 Å². The minimum atomic E-state index is -2.91. The number of rotatable bonds is 2. The van der Waals surface area contributed by atoms with Crippen LogP contribution in [0.2, 0.25) is 0 Å². The van der Waals surface area contributed by atoms with Crippen LogP contribution in [-0.4, -0.2) is 42.9 Å². The fourth-order valence-electron chi connectivity index (χ4n) is 3.26. The van der Waals surface area contributed by atoms with Crippen LogP contribution >= 0.6 is 12.4 Å². The van der Waals surface area contributed by atoms with E-state index in [1.54, 1.807) is 0 Å². The minimum absolute atomic E-state index is 0. The number of nitrogens with zero attached hydrogens (tertiary/aromatic N) is 1. The molecule has 0 aromatic heterocycles. The Hall–Kier alpha value is -1.34. The zero-order valence-corrected chi connectivity index (χ0v) is 13.8. The molecule has 3 nitrogen and oxygen atoms in total. The molecule has 0 bridgehead atoms. The number of benzene rings is 1. The number of nitrogens with one attached hydrogen (secondary N) is 1. The van der Waals surface area contributed by atoms with E-state index in [-0.39, 0.29) is 36.0 Å². The molecule has 2 aliphatic heterocycles. The van der Waals surface area contributed by atoms with Crippen LogP contribution in [0, 0.1) is 11.6 Å². The molecular weight excluding hydrogens is 348 g/mol. The number of halogens is 5. The Morgan fingerprint density at radius 3 is 2.46 bits per heavy atom. The van der Waals surface area contributed by atoms with Gasteiger partial charge in [0.25, 0.3) is 11.8 Å². The number of alkyl halides is 2. The number of carbonyl (C=O) groups is 1. The molecule has 24 heavy (non-hydrogen) atoms. The highest BCUT2D eigenvalue weighted by molar-refractivity contribution is 5.94. The summed E-state index contributed by atoms with van der Waals surface area (Å²) in [4.78, 5) is 13.3. The third kappa shape index (κ3) is 3.83. The number of hydrogen-bond donors (Lipinski definition) is 1. The lowest BCUT2D eigenvalue weighted by Crippen LogP contribution is -2.32. The van der Waals surface area contributed by atoms with E-state index < -0.39 is 36.4 Å². The predicted molar refractivity (Wildman–Crippen MR) is 83.9 cm³/mol. The van der Waals surface area contributed by atoms with Crippen molar-refractivity contribution < 1.29 is 22.4 Å². The zero-order chi connectivity index (χ0) is 16.6. The van der Waals surface area contributed by atoms with Crippen LogP contribution in [0.25, 0.3) is 0 Å². The molecule has 0 spiro atoms. The van der Waals surface area contributed by atoms with E-state index in [1.165, 1.54) is 6.07 Å². The van der Waals surface area contributed by atoms with Crippen molar-refractivity contribution in [2.45, 2.75) is 31.1 Å². The van der Waals surface area contributed by atoms with Crippen molar-refractivity contribution in [2.24, 2.45) is 0 Å². The fraction of sp³-hybridized carbons (Fsp3) is 0.562. The molecule has 3 rings (SSSR count). The number of amides is 1. The molecule has 1 aromatic carbocycles. The Morgan fingerprint density at radius 1 is 1.21 bits per heavy atom. The van der Waals surface area contributed by atoms with E-state index >= 15 is 0 Å². The molecule has 2 saturated heterocycles. The van der Waals surface area contributed by atoms with Crippen LogP contribution in [0.15, 0.2) is 12.1 Å². The van der Waals surface area contributed by atoms with Crippen LogP contribution in [0.4, 0.5) is 17.6 Å². The van der Waals surface area contributed by atoms with Gasteiger partial charge in [-0.05, 0) is 49.5 Å². The maximum atomic E-state index is 14.1. The van der Waals surface area contributed by atoms with Crippen molar-refractivity contribution in [1.29, 1.82) is 0 Å². The van der Waals surface area contributed by atoms with Gasteiger partial charge >= 0.3 is 0 Å². The van der Waals surface area contributed by atoms with Crippen molar-refractivity contribution in [3.63, 3.8) is 0 Å². The topological polar surface area (TPSA) is 32.3 Å². The smallest absolute Gasteiger partial charge is 0.267 e. The maximum Gasteiger partial charge on any atom is 0.267 e. The second kappa shape index (κ2) is 7.27. The molecule has 0 atom stereocenters. The Morgan fingerprint density at radius 2 is 1.88 bits per heavy atom. The van der Waals surface area contributed by atoms with Crippen molar-refractivity contribution in [2.75, 3.05) is 26.2 Å². The zero-order valence-electron chi connectivity index (χ0n) is 13.0. The first-order chi connectivity index (χ1) is 10.9. The van der Waals surface area contributed by atoms with Gasteiger partial charge in [0.15, 0.2) is 11.6 Å². The molecule has 1 N–H and O–H groups in total. The summed E-state index contributed by atoms with van der Waals surface area (Å²) in [5.74, 6) is -5.79. The highest BCUT2D eigenvalue weighted by Gasteiger charge is 2.40. The second-order valence-electron chi connectivity index (χ2n) is 6.22. The molecule has 0 aliphatic carbocycles. The van der Waals surface area contributed by atoms with Gasteiger partial charge in [0.1, 0.15) is 0 Å². The van der Waals surface area contributed by atoms with Gasteiger partial charge in [-0.2, -0.15) is 0 Å². The van der Waals surface area contributed by atoms with Gasteiger partial charge in [0, 0.05) is 18.5 Å². The lowest BCUT2D eigenvalue weighted by molar-refractivity contribution is 0.0120. The molecule has 2 fully saturated rings. The molecule has 0 unspecified atom stereocenters. The van der Waals surface area contributed by atoms with Crippen LogP contribution in [0.3, 0.4) is 0 Å². The largest absolute Gasteiger partial charge is 0.332 e. The highest BCUT2D eigenvalue weighted by atomic mass is 35.5. The normalized spacial score (nSPS) is 20.8. The summed E-state index contributed by atoms with van der Waals surface area (Å²) < 4.78 is 54.5. The average Bonchev–Trinajstić information content (AvgIpc) is 2.90. The first-order valence-corrected chi connectivity index (χ1v) is 7.74. The first-order valence-electron chi connectivity index (χ1n) is 7.74. The van der Waals surface area contributed by atoms with Gasteiger partial charge in [-0.25, -0.2) is 17.6 Å². The summed E-state index contributed by atoms with van der Waals surface area (Å²) >= 11 is 0. The number of hydrogen-bond acceptors (Lipinski definition) is 2. The summed E-state index contributed by atoms with van der Waals surface area (Å²) in [6.45, 7) is 0.644. The van der Waals surface area contributed by atoms with E-state index in [2.05, 4.69) is 5.32 Å². The quantitative estimate of drug-likeness (QED) is 0.814. The summed E-state index contributed by atoms with van der Waals surface area (Å²) in [5, 5.41) is 3.13. The van der Waals surface area contributed by atoms with Gasteiger partial charge in [0.05, 0.1) is 6.54 Å². The van der Waals surface area contributed by atoms with Crippen molar-refractivity contribution in [1.82, 2.24) is 10.2 Å². The molecule has 134 valence electrons. The van der Waals surface area contributed by atoms with Gasteiger partial charge in [-0.1, -0.05) is 0 Å². The van der Waals surface area contributed by atoms with E-state index in [9.17, 15) is 22.4 Å². The average molecular weight is 367 g/mol. The molecule has 0 radical (unpaired) electrons. The van der Waals surface area contributed by atoms with Crippen LogP contribution in [0.1, 0.15) is 41.1 Å². The van der Waals surface area contributed by atoms with Crippen LogP contribution < -0.4 is 5.32 Å². The van der Waals surface area contributed by atoms with Gasteiger partial charge in [-0.3, -0.25) is 4.79 Å². The lowest BCUT2D eigenvalue weighted by atomic mass is 9.88. The van der Waals surface area contributed by atoms with Crippen molar-refractivity contribution in [3.05, 3.63) is 34.9 Å². The molecule has 1 aromatic rings. The Kier molecular flexibility index (Phi) is 5.75. The monoisotopic (exact) mass is 366 g/mol. The summed E-state index contributed by atoms with van der Waals surface area (Å²) in [6, 6.07) is 2.13. The summed E-state index contributed by atoms with van der Waals surface area (Å²) in [7, 11) is 0. The van der Waals surface area contributed by atoms with Gasteiger partial charge < -0.3 is 10.2 Å². The van der Waals surface area contributed by atoms with Crippen LogP contribution in [-0.2, 0) is 0 Å². The molecule has 2 heterocycles.